The molecule has 0 aromatic heterocycles. The van der Waals surface area contributed by atoms with Gasteiger partial charge in [0.15, 0.2) is 0 Å². The molecule has 0 heterocycles. The lowest BCUT2D eigenvalue weighted by Gasteiger charge is -2.27. The lowest BCUT2D eigenvalue weighted by atomic mass is 9.82. The molecule has 75 valence electrons. The fraction of sp³-hybridized carbons (Fsp3) is 0.538. The molecule has 1 radical (unpaired) electrons. The summed E-state index contributed by atoms with van der Waals surface area (Å²) in [6.07, 6.45) is 6.71. The topological polar surface area (TPSA) is 26.0 Å². The van der Waals surface area contributed by atoms with Gasteiger partial charge in [-0.25, -0.2) is 0 Å². The van der Waals surface area contributed by atoms with Crippen LogP contribution in [0.15, 0.2) is 24.3 Å². The average molecular weight is 188 g/mol. The minimum atomic E-state index is 0.229. The third-order valence-electron chi connectivity index (χ3n) is 3.27. The average Bonchev–Trinajstić information content (AvgIpc) is 2.30. The van der Waals surface area contributed by atoms with E-state index in [1.807, 2.05) is 18.2 Å². The molecule has 1 aliphatic rings. The Morgan fingerprint density at radius 3 is 2.71 bits per heavy atom. The molecular formula is C13H18N. The van der Waals surface area contributed by atoms with Gasteiger partial charge in [-0.1, -0.05) is 37.5 Å². The SMILES string of the molecule is NC(c1c[c]ccc1)C1CCCCC1. The van der Waals surface area contributed by atoms with Crippen molar-refractivity contribution < 1.29 is 0 Å². The third-order valence-corrected chi connectivity index (χ3v) is 3.27. The maximum absolute atomic E-state index is 6.25. The van der Waals surface area contributed by atoms with Crippen LogP contribution in [0.4, 0.5) is 0 Å². The van der Waals surface area contributed by atoms with Crippen molar-refractivity contribution in [2.75, 3.05) is 0 Å². The number of rotatable bonds is 2. The highest BCUT2D eigenvalue weighted by atomic mass is 14.7. The largest absolute Gasteiger partial charge is 0.324 e. The van der Waals surface area contributed by atoms with Crippen LogP contribution in [-0.2, 0) is 0 Å². The van der Waals surface area contributed by atoms with E-state index in [0.29, 0.717) is 5.92 Å². The Bertz CT molecular complexity index is 262. The van der Waals surface area contributed by atoms with Crippen LogP contribution in [0, 0.1) is 12.0 Å². The molecule has 0 spiro atoms. The smallest absolute Gasteiger partial charge is 0.0323 e. The summed E-state index contributed by atoms with van der Waals surface area (Å²) in [5, 5.41) is 0. The highest BCUT2D eigenvalue weighted by Crippen LogP contribution is 2.32. The lowest BCUT2D eigenvalue weighted by Crippen LogP contribution is -2.23. The van der Waals surface area contributed by atoms with Crippen molar-refractivity contribution in [1.29, 1.82) is 0 Å². The summed E-state index contributed by atoms with van der Waals surface area (Å²) in [4.78, 5) is 0. The molecule has 2 N–H and O–H groups in total. The number of hydrogen-bond donors (Lipinski definition) is 1. The van der Waals surface area contributed by atoms with E-state index < -0.39 is 0 Å². The molecule has 0 bridgehead atoms. The van der Waals surface area contributed by atoms with Crippen LogP contribution in [0.5, 0.6) is 0 Å². The van der Waals surface area contributed by atoms with Gasteiger partial charge in [0.05, 0.1) is 0 Å². The predicted octanol–water partition coefficient (Wildman–Crippen LogP) is 3.07. The number of nitrogens with two attached hydrogens (primary N) is 1. The van der Waals surface area contributed by atoms with Crippen molar-refractivity contribution in [3.8, 4) is 0 Å². The lowest BCUT2D eigenvalue weighted by molar-refractivity contribution is 0.308. The molecule has 1 aliphatic carbocycles. The number of benzene rings is 1. The van der Waals surface area contributed by atoms with Crippen LogP contribution in [-0.4, -0.2) is 0 Å². The normalized spacial score (nSPS) is 20.6. The van der Waals surface area contributed by atoms with E-state index in [-0.39, 0.29) is 6.04 Å². The molecule has 14 heavy (non-hydrogen) atoms. The fourth-order valence-electron chi connectivity index (χ4n) is 2.38. The molecule has 0 amide bonds. The Morgan fingerprint density at radius 1 is 1.29 bits per heavy atom. The van der Waals surface area contributed by atoms with Gasteiger partial charge in [0, 0.05) is 6.04 Å². The van der Waals surface area contributed by atoms with Crippen LogP contribution >= 0.6 is 0 Å². The fourth-order valence-corrected chi connectivity index (χ4v) is 2.38. The summed E-state index contributed by atoms with van der Waals surface area (Å²) in [7, 11) is 0. The summed E-state index contributed by atoms with van der Waals surface area (Å²) in [5.74, 6) is 0.694. The molecule has 1 aromatic carbocycles. The minimum Gasteiger partial charge on any atom is -0.324 e. The molecule has 1 unspecified atom stereocenters. The Morgan fingerprint density at radius 2 is 2.07 bits per heavy atom. The van der Waals surface area contributed by atoms with Gasteiger partial charge in [0.2, 0.25) is 0 Å². The monoisotopic (exact) mass is 188 g/mol. The molecule has 1 aromatic rings. The molecule has 0 aliphatic heterocycles. The molecule has 2 rings (SSSR count). The summed E-state index contributed by atoms with van der Waals surface area (Å²) in [6.45, 7) is 0. The zero-order valence-electron chi connectivity index (χ0n) is 8.58. The van der Waals surface area contributed by atoms with E-state index in [0.717, 1.165) is 0 Å². The first-order valence-electron chi connectivity index (χ1n) is 5.59. The highest BCUT2D eigenvalue weighted by molar-refractivity contribution is 5.18. The molecule has 0 saturated heterocycles. The highest BCUT2D eigenvalue weighted by Gasteiger charge is 2.21. The van der Waals surface area contributed by atoms with E-state index in [2.05, 4.69) is 12.1 Å². The van der Waals surface area contributed by atoms with E-state index in [4.69, 9.17) is 5.73 Å². The standard InChI is InChI=1S/C13H18N/c14-13(11-7-3-1-4-8-11)12-9-5-2-6-10-12/h1,3,7-8,12-13H,2,5-6,9-10,14H2. The maximum atomic E-state index is 6.25. The second-order valence-electron chi connectivity index (χ2n) is 4.26. The van der Waals surface area contributed by atoms with Gasteiger partial charge in [-0.05, 0) is 36.5 Å². The predicted molar refractivity (Wildman–Crippen MR) is 58.8 cm³/mol. The second-order valence-corrected chi connectivity index (χ2v) is 4.26. The van der Waals surface area contributed by atoms with Gasteiger partial charge in [-0.15, -0.1) is 0 Å². The summed E-state index contributed by atoms with van der Waals surface area (Å²) in [6, 6.07) is 11.4. The quantitative estimate of drug-likeness (QED) is 0.758. The Kier molecular flexibility index (Phi) is 3.20. The van der Waals surface area contributed by atoms with Crippen molar-refractivity contribution >= 4 is 0 Å². The molecule has 1 saturated carbocycles. The van der Waals surface area contributed by atoms with Crippen molar-refractivity contribution in [2.45, 2.75) is 38.1 Å². The van der Waals surface area contributed by atoms with E-state index >= 15 is 0 Å². The van der Waals surface area contributed by atoms with E-state index in [1.54, 1.807) is 0 Å². The van der Waals surface area contributed by atoms with Gasteiger partial charge >= 0.3 is 0 Å². The van der Waals surface area contributed by atoms with Crippen molar-refractivity contribution in [3.63, 3.8) is 0 Å². The first-order chi connectivity index (χ1) is 6.88. The van der Waals surface area contributed by atoms with Crippen LogP contribution in [0.2, 0.25) is 0 Å². The summed E-state index contributed by atoms with van der Waals surface area (Å²) in [5.41, 5.74) is 7.50. The number of hydrogen-bond acceptors (Lipinski definition) is 1. The van der Waals surface area contributed by atoms with Crippen molar-refractivity contribution in [3.05, 3.63) is 35.9 Å². The van der Waals surface area contributed by atoms with E-state index in [1.165, 1.54) is 37.7 Å². The van der Waals surface area contributed by atoms with Crippen LogP contribution in [0.3, 0.4) is 0 Å². The zero-order valence-corrected chi connectivity index (χ0v) is 8.58. The molecule has 1 nitrogen and oxygen atoms in total. The Balaban J connectivity index is 2.03. The van der Waals surface area contributed by atoms with Crippen molar-refractivity contribution in [1.82, 2.24) is 0 Å². The Labute approximate surface area is 86.3 Å². The summed E-state index contributed by atoms with van der Waals surface area (Å²) >= 11 is 0. The van der Waals surface area contributed by atoms with Gasteiger partial charge in [0.25, 0.3) is 0 Å². The van der Waals surface area contributed by atoms with Gasteiger partial charge in [-0.2, -0.15) is 0 Å². The maximum Gasteiger partial charge on any atom is 0.0323 e. The van der Waals surface area contributed by atoms with Crippen LogP contribution in [0.1, 0.15) is 43.7 Å². The summed E-state index contributed by atoms with van der Waals surface area (Å²) < 4.78 is 0. The molecule has 1 heteroatoms. The molecular weight excluding hydrogens is 170 g/mol. The first-order valence-corrected chi connectivity index (χ1v) is 5.59. The van der Waals surface area contributed by atoms with Gasteiger partial charge < -0.3 is 5.73 Å². The molecule has 1 atom stereocenters. The second kappa shape index (κ2) is 4.61. The van der Waals surface area contributed by atoms with Gasteiger partial charge in [0.1, 0.15) is 0 Å². The zero-order chi connectivity index (χ0) is 9.80. The minimum absolute atomic E-state index is 0.229. The first kappa shape index (κ1) is 9.72. The van der Waals surface area contributed by atoms with Crippen LogP contribution in [0.25, 0.3) is 0 Å². The third kappa shape index (κ3) is 2.16. The van der Waals surface area contributed by atoms with Gasteiger partial charge in [-0.3, -0.25) is 0 Å². The molecule has 1 fully saturated rings. The Hall–Kier alpha value is -0.820. The van der Waals surface area contributed by atoms with Crippen LogP contribution < -0.4 is 5.73 Å². The van der Waals surface area contributed by atoms with Crippen molar-refractivity contribution in [2.24, 2.45) is 11.7 Å². The van der Waals surface area contributed by atoms with E-state index in [9.17, 15) is 0 Å².